The van der Waals surface area contributed by atoms with E-state index in [0.29, 0.717) is 29.5 Å². The van der Waals surface area contributed by atoms with Gasteiger partial charge in [0.15, 0.2) is 5.82 Å². The average Bonchev–Trinajstić information content (AvgIpc) is 3.01. The van der Waals surface area contributed by atoms with Crippen LogP contribution in [0.5, 0.6) is 0 Å². The zero-order valence-corrected chi connectivity index (χ0v) is 18.8. The highest BCUT2D eigenvalue weighted by atomic mass is 79.9. The monoisotopic (exact) mass is 483 g/mol. The van der Waals surface area contributed by atoms with E-state index in [1.807, 2.05) is 27.7 Å². The van der Waals surface area contributed by atoms with Crippen molar-refractivity contribution in [2.75, 3.05) is 13.1 Å². The van der Waals surface area contributed by atoms with Crippen LogP contribution < -0.4 is 0 Å². The van der Waals surface area contributed by atoms with Crippen molar-refractivity contribution in [2.45, 2.75) is 39.3 Å². The second-order valence-electron chi connectivity index (χ2n) is 8.29. The Morgan fingerprint density at radius 3 is 2.76 bits per heavy atom. The smallest absolute Gasteiger partial charge is 0.410 e. The molecule has 0 saturated carbocycles. The lowest BCUT2D eigenvalue weighted by Gasteiger charge is -2.42. The molecule has 0 bridgehead atoms. The van der Waals surface area contributed by atoms with Crippen molar-refractivity contribution in [3.8, 4) is 0 Å². The number of halogens is 3. The van der Waals surface area contributed by atoms with E-state index in [1.54, 1.807) is 15.6 Å². The van der Waals surface area contributed by atoms with E-state index in [-0.39, 0.29) is 33.1 Å². The van der Waals surface area contributed by atoms with Gasteiger partial charge in [0.05, 0.1) is 21.7 Å². The van der Waals surface area contributed by atoms with E-state index in [1.165, 1.54) is 6.20 Å². The first kappa shape index (κ1) is 20.3. The first-order chi connectivity index (χ1) is 13.6. The van der Waals surface area contributed by atoms with Crippen LogP contribution in [-0.2, 0) is 4.74 Å². The summed E-state index contributed by atoms with van der Waals surface area (Å²) in [4.78, 5) is 18.0. The molecule has 4 rings (SSSR count). The molecule has 1 amide bonds. The summed E-state index contributed by atoms with van der Waals surface area (Å²) in [7, 11) is 0. The van der Waals surface area contributed by atoms with Gasteiger partial charge >= 0.3 is 6.09 Å². The molecule has 2 aromatic heterocycles. The Bertz CT molecular complexity index is 1120. The van der Waals surface area contributed by atoms with Crippen LogP contribution >= 0.6 is 27.5 Å². The number of likely N-dealkylation sites (tertiary alicyclic amines) is 1. The number of fused-ring (bicyclic) bond motifs is 3. The SMILES string of the molecule is CC(C1CN(C(=O)OC(C)(C)C)C1)n1nnc2cnc3c(F)c(Br)c(Cl)cc3c21. The first-order valence-corrected chi connectivity index (χ1v) is 10.4. The van der Waals surface area contributed by atoms with E-state index in [9.17, 15) is 9.18 Å². The molecule has 1 atom stereocenters. The van der Waals surface area contributed by atoms with Crippen LogP contribution in [-0.4, -0.2) is 49.7 Å². The van der Waals surface area contributed by atoms with Crippen molar-refractivity contribution < 1.29 is 13.9 Å². The summed E-state index contributed by atoms with van der Waals surface area (Å²) in [6.45, 7) is 8.65. The predicted octanol–water partition coefficient (Wildman–Crippen LogP) is 4.96. The maximum Gasteiger partial charge on any atom is 0.410 e. The van der Waals surface area contributed by atoms with E-state index in [0.717, 1.165) is 0 Å². The quantitative estimate of drug-likeness (QED) is 0.481. The van der Waals surface area contributed by atoms with E-state index in [4.69, 9.17) is 16.3 Å². The Labute approximate surface area is 180 Å². The summed E-state index contributed by atoms with van der Waals surface area (Å²) >= 11 is 9.33. The van der Waals surface area contributed by atoms with Crippen LogP contribution in [0.1, 0.15) is 33.7 Å². The number of ether oxygens (including phenoxy) is 1. The van der Waals surface area contributed by atoms with Gasteiger partial charge in [0.2, 0.25) is 0 Å². The first-order valence-electron chi connectivity index (χ1n) is 9.22. The number of nitrogens with zero attached hydrogens (tertiary/aromatic N) is 5. The lowest BCUT2D eigenvalue weighted by Crippen LogP contribution is -2.53. The van der Waals surface area contributed by atoms with Crippen LogP contribution in [0.2, 0.25) is 5.02 Å². The Morgan fingerprint density at radius 2 is 2.10 bits per heavy atom. The minimum atomic E-state index is -0.528. The van der Waals surface area contributed by atoms with Crippen LogP contribution in [0.25, 0.3) is 21.9 Å². The highest BCUT2D eigenvalue weighted by Crippen LogP contribution is 2.36. The number of hydrogen-bond acceptors (Lipinski definition) is 5. The molecule has 1 saturated heterocycles. The molecule has 10 heteroatoms. The van der Waals surface area contributed by atoms with Crippen molar-refractivity contribution in [3.05, 3.63) is 27.6 Å². The fourth-order valence-electron chi connectivity index (χ4n) is 3.45. The topological polar surface area (TPSA) is 73.1 Å². The fraction of sp³-hybridized carbons (Fsp3) is 0.474. The molecule has 1 aromatic carbocycles. The lowest BCUT2D eigenvalue weighted by atomic mass is 9.93. The third-order valence-corrected chi connectivity index (χ3v) is 6.36. The number of carbonyl (C=O) groups is 1. The molecule has 0 radical (unpaired) electrons. The van der Waals surface area contributed by atoms with Gasteiger partial charge < -0.3 is 9.64 Å². The Balaban J connectivity index is 1.64. The van der Waals surface area contributed by atoms with Gasteiger partial charge in [-0.25, -0.2) is 13.9 Å². The van der Waals surface area contributed by atoms with Gasteiger partial charge in [-0.15, -0.1) is 5.10 Å². The zero-order chi connectivity index (χ0) is 21.1. The number of carbonyl (C=O) groups excluding carboxylic acids is 1. The Morgan fingerprint density at radius 1 is 1.41 bits per heavy atom. The molecule has 1 unspecified atom stereocenters. The summed E-state index contributed by atoms with van der Waals surface area (Å²) in [6.07, 6.45) is 1.18. The molecule has 1 fully saturated rings. The molecule has 7 nitrogen and oxygen atoms in total. The van der Waals surface area contributed by atoms with Crippen molar-refractivity contribution in [1.29, 1.82) is 0 Å². The highest BCUT2D eigenvalue weighted by Gasteiger charge is 2.38. The molecule has 1 aliphatic heterocycles. The van der Waals surface area contributed by atoms with Crippen LogP contribution in [0, 0.1) is 11.7 Å². The minimum Gasteiger partial charge on any atom is -0.444 e. The number of benzene rings is 1. The molecule has 0 N–H and O–H groups in total. The number of pyridine rings is 1. The van der Waals surface area contributed by atoms with E-state index in [2.05, 4.69) is 31.2 Å². The van der Waals surface area contributed by atoms with Gasteiger partial charge in [-0.1, -0.05) is 16.8 Å². The Hall–Kier alpha value is -2.00. The van der Waals surface area contributed by atoms with Crippen LogP contribution in [0.3, 0.4) is 0 Å². The maximum absolute atomic E-state index is 14.6. The molecular formula is C19H20BrClFN5O2. The summed E-state index contributed by atoms with van der Waals surface area (Å²) in [6, 6.07) is 1.61. The standard InChI is InChI=1S/C19H20BrClFN5O2/c1-9(10-7-26(8-10)18(28)29-19(2,3)4)27-17-11-5-12(21)14(20)15(22)16(11)23-6-13(17)24-25-27/h5-6,9-10H,7-8H2,1-4H3. The minimum absolute atomic E-state index is 0.0604. The number of rotatable bonds is 2. The summed E-state index contributed by atoms with van der Waals surface area (Å²) in [5.74, 6) is -0.346. The molecule has 154 valence electrons. The van der Waals surface area contributed by atoms with Crippen molar-refractivity contribution in [1.82, 2.24) is 24.9 Å². The van der Waals surface area contributed by atoms with Gasteiger partial charge in [0, 0.05) is 24.4 Å². The predicted molar refractivity (Wildman–Crippen MR) is 112 cm³/mol. The van der Waals surface area contributed by atoms with Gasteiger partial charge in [0.25, 0.3) is 0 Å². The van der Waals surface area contributed by atoms with Gasteiger partial charge in [-0.2, -0.15) is 0 Å². The average molecular weight is 485 g/mol. The number of hydrogen-bond donors (Lipinski definition) is 0. The molecule has 29 heavy (non-hydrogen) atoms. The zero-order valence-electron chi connectivity index (χ0n) is 16.4. The summed E-state index contributed by atoms with van der Waals surface area (Å²) in [5, 5.41) is 9.26. The normalized spacial score (nSPS) is 16.3. The van der Waals surface area contributed by atoms with E-state index < -0.39 is 11.4 Å². The number of amides is 1. The van der Waals surface area contributed by atoms with Gasteiger partial charge in [-0.05, 0) is 49.7 Å². The Kier molecular flexibility index (Phi) is 4.93. The second kappa shape index (κ2) is 7.05. The van der Waals surface area contributed by atoms with Gasteiger partial charge in [0.1, 0.15) is 22.2 Å². The van der Waals surface area contributed by atoms with Gasteiger partial charge in [-0.3, -0.25) is 4.98 Å². The molecule has 0 spiro atoms. The highest BCUT2D eigenvalue weighted by molar-refractivity contribution is 9.10. The van der Waals surface area contributed by atoms with Crippen molar-refractivity contribution >= 4 is 55.6 Å². The maximum atomic E-state index is 14.6. The summed E-state index contributed by atoms with van der Waals surface area (Å²) in [5.41, 5.74) is 0.907. The second-order valence-corrected chi connectivity index (χ2v) is 9.49. The van der Waals surface area contributed by atoms with E-state index >= 15 is 0 Å². The molecule has 3 aromatic rings. The number of aromatic nitrogens is 4. The van der Waals surface area contributed by atoms with Crippen LogP contribution in [0.15, 0.2) is 16.7 Å². The molecule has 0 aliphatic carbocycles. The van der Waals surface area contributed by atoms with Crippen molar-refractivity contribution in [2.24, 2.45) is 5.92 Å². The fourth-order valence-corrected chi connectivity index (χ4v) is 3.94. The van der Waals surface area contributed by atoms with Crippen molar-refractivity contribution in [3.63, 3.8) is 0 Å². The third-order valence-electron chi connectivity index (χ3n) is 5.06. The third kappa shape index (κ3) is 3.54. The lowest BCUT2D eigenvalue weighted by molar-refractivity contribution is -0.00881. The largest absolute Gasteiger partial charge is 0.444 e. The molecule has 1 aliphatic rings. The molecular weight excluding hydrogens is 465 g/mol. The molecule has 3 heterocycles. The summed E-state index contributed by atoms with van der Waals surface area (Å²) < 4.78 is 22.0. The van der Waals surface area contributed by atoms with Crippen LogP contribution in [0.4, 0.5) is 9.18 Å².